The molecular weight excluding hydrogens is 454 g/mol. The average Bonchev–Trinajstić information content (AvgIpc) is 3.50. The molecular formula is C21H28F2N6O3S. The summed E-state index contributed by atoms with van der Waals surface area (Å²) in [4.78, 5) is 6.79. The zero-order chi connectivity index (χ0) is 23.0. The molecule has 1 aliphatic carbocycles. The summed E-state index contributed by atoms with van der Waals surface area (Å²) < 4.78 is 47.0. The van der Waals surface area contributed by atoms with Gasteiger partial charge < -0.3 is 24.8 Å². The first kappa shape index (κ1) is 23.9. The molecule has 2 aromatic rings. The molecule has 0 amide bonds. The van der Waals surface area contributed by atoms with Gasteiger partial charge in [-0.05, 0) is 6.08 Å². The molecule has 0 bridgehead atoms. The summed E-state index contributed by atoms with van der Waals surface area (Å²) in [5.74, 6) is -0.851. The summed E-state index contributed by atoms with van der Waals surface area (Å²) in [6, 6.07) is 0. The first-order valence-electron chi connectivity index (χ1n) is 10.9. The number of thiazole rings is 1. The Hall–Kier alpha value is -2.25. The molecule has 1 fully saturated rings. The fourth-order valence-electron chi connectivity index (χ4n) is 3.56. The van der Waals surface area contributed by atoms with Crippen LogP contribution < -0.4 is 10.6 Å². The quantitative estimate of drug-likeness (QED) is 0.484. The van der Waals surface area contributed by atoms with Gasteiger partial charge in [-0.2, -0.15) is 0 Å². The van der Waals surface area contributed by atoms with Gasteiger partial charge in [0.05, 0.1) is 51.0 Å². The average molecular weight is 483 g/mol. The number of ether oxygens (including phenoxy) is 3. The van der Waals surface area contributed by atoms with E-state index in [0.717, 1.165) is 24.3 Å². The number of morpholine rings is 1. The molecule has 0 aromatic carbocycles. The lowest BCUT2D eigenvalue weighted by molar-refractivity contribution is 0.0402. The number of nitrogens with two attached hydrogens (primary N) is 1. The summed E-state index contributed by atoms with van der Waals surface area (Å²) >= 11 is 1.47. The lowest BCUT2D eigenvalue weighted by Crippen LogP contribution is -2.36. The minimum Gasteiger partial charge on any atom is -0.378 e. The van der Waals surface area contributed by atoms with Crippen molar-refractivity contribution in [1.29, 1.82) is 0 Å². The number of anilines is 1. The van der Waals surface area contributed by atoms with E-state index in [2.05, 4.69) is 20.2 Å². The van der Waals surface area contributed by atoms with Crippen LogP contribution in [-0.4, -0.2) is 84.9 Å². The van der Waals surface area contributed by atoms with Crippen LogP contribution in [0.5, 0.6) is 0 Å². The Kier molecular flexibility index (Phi) is 8.51. The van der Waals surface area contributed by atoms with Crippen LogP contribution in [0, 0.1) is 0 Å². The van der Waals surface area contributed by atoms with E-state index in [-0.39, 0.29) is 6.61 Å². The number of halogens is 2. The number of nitrogens with zero attached hydrogens (tertiary/aromatic N) is 5. The van der Waals surface area contributed by atoms with Crippen molar-refractivity contribution in [2.45, 2.75) is 25.2 Å². The Morgan fingerprint density at radius 3 is 2.88 bits per heavy atom. The van der Waals surface area contributed by atoms with E-state index in [1.54, 1.807) is 17.0 Å². The lowest BCUT2D eigenvalue weighted by Gasteiger charge is -2.27. The van der Waals surface area contributed by atoms with Gasteiger partial charge in [0.25, 0.3) is 0 Å². The molecule has 1 aliphatic heterocycles. The summed E-state index contributed by atoms with van der Waals surface area (Å²) in [6.45, 7) is 4.98. The highest BCUT2D eigenvalue weighted by molar-refractivity contribution is 7.13. The Bertz CT molecular complexity index is 959. The second kappa shape index (κ2) is 11.7. The van der Waals surface area contributed by atoms with Gasteiger partial charge in [0, 0.05) is 43.2 Å². The van der Waals surface area contributed by atoms with Crippen molar-refractivity contribution in [3.05, 3.63) is 40.9 Å². The van der Waals surface area contributed by atoms with Crippen LogP contribution >= 0.6 is 11.3 Å². The van der Waals surface area contributed by atoms with Crippen molar-refractivity contribution < 1.29 is 23.0 Å². The highest BCUT2D eigenvalue weighted by atomic mass is 32.1. The van der Waals surface area contributed by atoms with Crippen LogP contribution in [0.15, 0.2) is 29.6 Å². The van der Waals surface area contributed by atoms with Crippen LogP contribution in [0.2, 0.25) is 0 Å². The SMILES string of the molecule is NCCOCCn1cc(CCOC2C(c3csc(N4CCOCC4)n3)=CC=C(F)C2F)nn1. The second-order valence-corrected chi connectivity index (χ2v) is 8.44. The van der Waals surface area contributed by atoms with Gasteiger partial charge in [-0.15, -0.1) is 16.4 Å². The van der Waals surface area contributed by atoms with Crippen molar-refractivity contribution >= 4 is 22.0 Å². The number of rotatable bonds is 11. The third-order valence-electron chi connectivity index (χ3n) is 5.30. The van der Waals surface area contributed by atoms with E-state index in [1.807, 2.05) is 5.38 Å². The molecule has 12 heteroatoms. The van der Waals surface area contributed by atoms with Gasteiger partial charge in [-0.3, -0.25) is 0 Å². The minimum atomic E-state index is -1.88. The molecule has 1 saturated heterocycles. The van der Waals surface area contributed by atoms with Crippen LogP contribution in [0.4, 0.5) is 13.9 Å². The predicted molar refractivity (Wildman–Crippen MR) is 121 cm³/mol. The van der Waals surface area contributed by atoms with Gasteiger partial charge >= 0.3 is 0 Å². The van der Waals surface area contributed by atoms with Crippen molar-refractivity contribution in [3.8, 4) is 0 Å². The Morgan fingerprint density at radius 1 is 1.21 bits per heavy atom. The monoisotopic (exact) mass is 482 g/mol. The van der Waals surface area contributed by atoms with Gasteiger partial charge in [0.1, 0.15) is 11.9 Å². The minimum absolute atomic E-state index is 0.165. The van der Waals surface area contributed by atoms with E-state index < -0.39 is 18.1 Å². The van der Waals surface area contributed by atoms with Crippen molar-refractivity contribution in [1.82, 2.24) is 20.0 Å². The Morgan fingerprint density at radius 2 is 2.06 bits per heavy atom. The first-order chi connectivity index (χ1) is 16.2. The second-order valence-electron chi connectivity index (χ2n) is 7.61. The molecule has 33 heavy (non-hydrogen) atoms. The summed E-state index contributed by atoms with van der Waals surface area (Å²) in [5, 5.41) is 10.8. The number of aromatic nitrogens is 4. The smallest absolute Gasteiger partial charge is 0.186 e. The lowest BCUT2D eigenvalue weighted by atomic mass is 9.97. The number of allylic oxidation sites excluding steroid dienone is 2. The molecule has 180 valence electrons. The van der Waals surface area contributed by atoms with E-state index in [1.165, 1.54) is 11.3 Å². The maximum absolute atomic E-state index is 14.8. The van der Waals surface area contributed by atoms with Gasteiger partial charge in [-0.1, -0.05) is 11.3 Å². The van der Waals surface area contributed by atoms with Crippen LogP contribution in [0.3, 0.4) is 0 Å². The van der Waals surface area contributed by atoms with Crippen molar-refractivity contribution in [2.75, 3.05) is 57.6 Å². The molecule has 3 heterocycles. The normalized spacial score (nSPS) is 21.2. The van der Waals surface area contributed by atoms with E-state index >= 15 is 0 Å². The molecule has 2 aromatic heterocycles. The Labute approximate surface area is 194 Å². The molecule has 4 rings (SSSR count). The Balaban J connectivity index is 1.35. The third kappa shape index (κ3) is 6.21. The summed E-state index contributed by atoms with van der Waals surface area (Å²) in [7, 11) is 0. The molecule has 0 saturated carbocycles. The highest BCUT2D eigenvalue weighted by Crippen LogP contribution is 2.34. The summed E-state index contributed by atoms with van der Waals surface area (Å²) in [6.07, 6.45) is 1.94. The van der Waals surface area contributed by atoms with Crippen LogP contribution in [-0.2, 0) is 27.2 Å². The highest BCUT2D eigenvalue weighted by Gasteiger charge is 2.34. The van der Waals surface area contributed by atoms with Crippen LogP contribution in [0.1, 0.15) is 11.4 Å². The molecule has 2 atom stereocenters. The summed E-state index contributed by atoms with van der Waals surface area (Å²) in [5.41, 5.74) is 7.21. The fourth-order valence-corrected chi connectivity index (χ4v) is 4.45. The molecule has 0 spiro atoms. The standard InChI is InChI=1S/C21H28F2N6O3S/c22-17-2-1-16(18-14-33-21(25-18)28-5-10-31-11-6-28)20(19(17)23)32-8-3-15-13-29(27-26-15)7-12-30-9-4-24/h1-2,13-14,19-20H,3-12,24H2. The molecule has 2 N–H and O–H groups in total. The predicted octanol–water partition coefficient (Wildman–Crippen LogP) is 1.76. The fraction of sp³-hybridized carbons (Fsp3) is 0.571. The maximum Gasteiger partial charge on any atom is 0.186 e. The van der Waals surface area contributed by atoms with Crippen LogP contribution in [0.25, 0.3) is 5.57 Å². The zero-order valence-electron chi connectivity index (χ0n) is 18.2. The number of hydrogen-bond acceptors (Lipinski definition) is 9. The largest absolute Gasteiger partial charge is 0.378 e. The van der Waals surface area contributed by atoms with Crippen molar-refractivity contribution in [3.63, 3.8) is 0 Å². The first-order valence-corrected chi connectivity index (χ1v) is 11.8. The van der Waals surface area contributed by atoms with Crippen molar-refractivity contribution in [2.24, 2.45) is 5.73 Å². The van der Waals surface area contributed by atoms with E-state index in [0.29, 0.717) is 62.9 Å². The molecule has 2 aliphatic rings. The number of hydrogen-bond donors (Lipinski definition) is 1. The molecule has 0 radical (unpaired) electrons. The maximum atomic E-state index is 14.8. The van der Waals surface area contributed by atoms with Gasteiger partial charge in [-0.25, -0.2) is 18.4 Å². The van der Waals surface area contributed by atoms with E-state index in [9.17, 15) is 8.78 Å². The van der Waals surface area contributed by atoms with Gasteiger partial charge in [0.15, 0.2) is 11.3 Å². The zero-order valence-corrected chi connectivity index (χ0v) is 19.1. The number of alkyl halides is 1. The van der Waals surface area contributed by atoms with E-state index in [4.69, 9.17) is 19.9 Å². The topological polar surface area (TPSA) is 101 Å². The molecule has 2 unspecified atom stereocenters. The van der Waals surface area contributed by atoms with Gasteiger partial charge in [0.2, 0.25) is 0 Å². The molecule has 9 nitrogen and oxygen atoms in total. The third-order valence-corrected chi connectivity index (χ3v) is 6.20.